The highest BCUT2D eigenvalue weighted by atomic mass is 15.1. The Hall–Kier alpha value is -1.28. The number of hydrogen-bond donors (Lipinski definition) is 1. The van der Waals surface area contributed by atoms with Crippen LogP contribution < -0.4 is 5.32 Å². The second-order valence-electron chi connectivity index (χ2n) is 4.55. The highest BCUT2D eigenvalue weighted by Gasteiger charge is 2.17. The maximum absolute atomic E-state index is 3.45. The van der Waals surface area contributed by atoms with Crippen LogP contribution in [-0.2, 0) is 6.54 Å². The summed E-state index contributed by atoms with van der Waals surface area (Å²) in [4.78, 5) is 0. The Labute approximate surface area is 89.9 Å². The van der Waals surface area contributed by atoms with E-state index in [9.17, 15) is 0 Å². The number of fused-ring (bicyclic) bond motifs is 3. The summed E-state index contributed by atoms with van der Waals surface area (Å²) in [6.07, 6.45) is 0. The summed E-state index contributed by atoms with van der Waals surface area (Å²) in [7, 11) is 0. The van der Waals surface area contributed by atoms with E-state index >= 15 is 0 Å². The summed E-state index contributed by atoms with van der Waals surface area (Å²) >= 11 is 0. The van der Waals surface area contributed by atoms with Gasteiger partial charge >= 0.3 is 0 Å². The van der Waals surface area contributed by atoms with Crippen LogP contribution in [0.25, 0.3) is 10.9 Å². The molecule has 0 saturated carbocycles. The Morgan fingerprint density at radius 1 is 1.33 bits per heavy atom. The number of aromatic nitrogens is 1. The van der Waals surface area contributed by atoms with Crippen molar-refractivity contribution in [3.05, 3.63) is 35.5 Å². The Balaban J connectivity index is 2.32. The van der Waals surface area contributed by atoms with E-state index in [1.807, 2.05) is 0 Å². The Morgan fingerprint density at radius 3 is 3.07 bits per heavy atom. The molecule has 0 aliphatic carbocycles. The number of nitrogens with zero attached hydrogens (tertiary/aromatic N) is 1. The molecule has 2 nitrogen and oxygen atoms in total. The standard InChI is InChI=1S/C13H16N2/c1-9-3-4-13-11(5-9)6-12-8-14-7-10(2)15(12)13/h3-6,10,14H,7-8H2,1-2H3. The van der Waals surface area contributed by atoms with Crippen molar-refractivity contribution in [2.45, 2.75) is 26.4 Å². The Bertz CT molecular complexity index is 510. The summed E-state index contributed by atoms with van der Waals surface area (Å²) in [5.41, 5.74) is 4.13. The van der Waals surface area contributed by atoms with E-state index < -0.39 is 0 Å². The minimum atomic E-state index is 0.564. The summed E-state index contributed by atoms with van der Waals surface area (Å²) < 4.78 is 2.46. The third kappa shape index (κ3) is 1.29. The minimum absolute atomic E-state index is 0.564. The highest BCUT2D eigenvalue weighted by Crippen LogP contribution is 2.26. The first-order chi connectivity index (χ1) is 7.25. The zero-order valence-electron chi connectivity index (χ0n) is 9.25. The van der Waals surface area contributed by atoms with Gasteiger partial charge in [0.2, 0.25) is 0 Å². The molecule has 0 spiro atoms. The molecule has 0 fully saturated rings. The predicted octanol–water partition coefficient (Wildman–Crippen LogP) is 2.61. The van der Waals surface area contributed by atoms with E-state index in [4.69, 9.17) is 0 Å². The third-order valence-electron chi connectivity index (χ3n) is 3.26. The molecular formula is C13H16N2. The summed E-state index contributed by atoms with van der Waals surface area (Å²) in [5, 5.41) is 4.82. The lowest BCUT2D eigenvalue weighted by molar-refractivity contribution is 0.439. The molecule has 78 valence electrons. The van der Waals surface area contributed by atoms with Gasteiger partial charge < -0.3 is 9.88 Å². The van der Waals surface area contributed by atoms with Gasteiger partial charge in [-0.25, -0.2) is 0 Å². The first-order valence-corrected chi connectivity index (χ1v) is 5.57. The van der Waals surface area contributed by atoms with Crippen molar-refractivity contribution < 1.29 is 0 Å². The maximum Gasteiger partial charge on any atom is 0.0486 e. The fourth-order valence-corrected chi connectivity index (χ4v) is 2.57. The van der Waals surface area contributed by atoms with E-state index in [2.05, 4.69) is 48.0 Å². The Kier molecular flexibility index (Phi) is 1.86. The smallest absolute Gasteiger partial charge is 0.0486 e. The van der Waals surface area contributed by atoms with Gasteiger partial charge in [-0.2, -0.15) is 0 Å². The van der Waals surface area contributed by atoms with Gasteiger partial charge in [0.15, 0.2) is 0 Å². The average molecular weight is 200 g/mol. The Morgan fingerprint density at radius 2 is 2.20 bits per heavy atom. The van der Waals surface area contributed by atoms with Crippen molar-refractivity contribution in [2.24, 2.45) is 0 Å². The quantitative estimate of drug-likeness (QED) is 0.691. The van der Waals surface area contributed by atoms with Crippen molar-refractivity contribution in [1.29, 1.82) is 0 Å². The van der Waals surface area contributed by atoms with Crippen molar-refractivity contribution in [2.75, 3.05) is 6.54 Å². The van der Waals surface area contributed by atoms with Crippen LogP contribution in [-0.4, -0.2) is 11.1 Å². The first kappa shape index (κ1) is 8.98. The molecule has 3 rings (SSSR count). The van der Waals surface area contributed by atoms with Crippen LogP contribution in [0.15, 0.2) is 24.3 Å². The number of rotatable bonds is 0. The van der Waals surface area contributed by atoms with Crippen molar-refractivity contribution >= 4 is 10.9 Å². The van der Waals surface area contributed by atoms with E-state index in [1.54, 1.807) is 0 Å². The molecule has 0 saturated heterocycles. The normalized spacial score (nSPS) is 20.5. The SMILES string of the molecule is Cc1ccc2c(c1)cc1n2C(C)CNC1. The van der Waals surface area contributed by atoms with Crippen LogP contribution in [0.3, 0.4) is 0 Å². The van der Waals surface area contributed by atoms with Gasteiger partial charge in [0.05, 0.1) is 0 Å². The fourth-order valence-electron chi connectivity index (χ4n) is 2.57. The predicted molar refractivity (Wildman–Crippen MR) is 63.1 cm³/mol. The minimum Gasteiger partial charge on any atom is -0.339 e. The molecule has 1 N–H and O–H groups in total. The number of hydrogen-bond acceptors (Lipinski definition) is 1. The topological polar surface area (TPSA) is 17.0 Å². The number of benzene rings is 1. The van der Waals surface area contributed by atoms with Gasteiger partial charge in [0.1, 0.15) is 0 Å². The molecule has 15 heavy (non-hydrogen) atoms. The molecule has 2 heterocycles. The monoisotopic (exact) mass is 200 g/mol. The maximum atomic E-state index is 3.45. The molecule has 1 aromatic carbocycles. The number of nitrogens with one attached hydrogen (secondary N) is 1. The zero-order valence-corrected chi connectivity index (χ0v) is 9.25. The summed E-state index contributed by atoms with van der Waals surface area (Å²) in [5.74, 6) is 0. The molecule has 1 unspecified atom stereocenters. The molecule has 2 heteroatoms. The van der Waals surface area contributed by atoms with Crippen LogP contribution in [0.4, 0.5) is 0 Å². The highest BCUT2D eigenvalue weighted by molar-refractivity contribution is 5.82. The number of aryl methyl sites for hydroxylation is 1. The van der Waals surface area contributed by atoms with E-state index in [0.717, 1.165) is 13.1 Å². The molecule has 0 amide bonds. The lowest BCUT2D eigenvalue weighted by Crippen LogP contribution is -2.30. The molecular weight excluding hydrogens is 184 g/mol. The van der Waals surface area contributed by atoms with Gasteiger partial charge in [-0.1, -0.05) is 11.6 Å². The van der Waals surface area contributed by atoms with E-state index in [-0.39, 0.29) is 0 Å². The average Bonchev–Trinajstić information content (AvgIpc) is 2.56. The van der Waals surface area contributed by atoms with E-state index in [1.165, 1.54) is 22.2 Å². The van der Waals surface area contributed by atoms with Crippen LogP contribution in [0.5, 0.6) is 0 Å². The molecule has 1 aliphatic rings. The van der Waals surface area contributed by atoms with Crippen LogP contribution in [0, 0.1) is 6.92 Å². The van der Waals surface area contributed by atoms with Gasteiger partial charge in [-0.05, 0) is 32.0 Å². The van der Waals surface area contributed by atoms with Crippen molar-refractivity contribution in [1.82, 2.24) is 9.88 Å². The molecule has 1 aliphatic heterocycles. The summed E-state index contributed by atoms with van der Waals surface area (Å²) in [6, 6.07) is 9.59. The van der Waals surface area contributed by atoms with Crippen LogP contribution in [0.1, 0.15) is 24.2 Å². The van der Waals surface area contributed by atoms with Gasteiger partial charge in [-0.3, -0.25) is 0 Å². The van der Waals surface area contributed by atoms with Crippen molar-refractivity contribution in [3.63, 3.8) is 0 Å². The van der Waals surface area contributed by atoms with Crippen LogP contribution in [0.2, 0.25) is 0 Å². The molecule has 0 bridgehead atoms. The molecule has 0 radical (unpaired) electrons. The van der Waals surface area contributed by atoms with Crippen LogP contribution >= 0.6 is 0 Å². The summed E-state index contributed by atoms with van der Waals surface area (Å²) in [6.45, 7) is 6.50. The largest absolute Gasteiger partial charge is 0.339 e. The molecule has 1 aromatic heterocycles. The lowest BCUT2D eigenvalue weighted by Gasteiger charge is -2.24. The second-order valence-corrected chi connectivity index (χ2v) is 4.55. The van der Waals surface area contributed by atoms with Crippen molar-refractivity contribution in [3.8, 4) is 0 Å². The second kappa shape index (κ2) is 3.11. The third-order valence-corrected chi connectivity index (χ3v) is 3.26. The lowest BCUT2D eigenvalue weighted by atomic mass is 10.2. The van der Waals surface area contributed by atoms with Gasteiger partial charge in [0.25, 0.3) is 0 Å². The molecule has 2 aromatic rings. The van der Waals surface area contributed by atoms with E-state index in [0.29, 0.717) is 6.04 Å². The zero-order chi connectivity index (χ0) is 10.4. The van der Waals surface area contributed by atoms with Gasteiger partial charge in [-0.15, -0.1) is 0 Å². The molecule has 1 atom stereocenters. The fraction of sp³-hybridized carbons (Fsp3) is 0.385. The van der Waals surface area contributed by atoms with Gasteiger partial charge in [0, 0.05) is 35.7 Å². The first-order valence-electron chi connectivity index (χ1n) is 5.57.